The summed E-state index contributed by atoms with van der Waals surface area (Å²) in [6.45, 7) is 7.98. The molecule has 1 aromatic heterocycles. The van der Waals surface area contributed by atoms with Gasteiger partial charge >= 0.3 is 0 Å². The third-order valence-electron chi connectivity index (χ3n) is 3.03. The molecule has 1 atom stereocenters. The summed E-state index contributed by atoms with van der Waals surface area (Å²) in [5.41, 5.74) is 1.35. The number of hydrogen-bond acceptors (Lipinski definition) is 4. The summed E-state index contributed by atoms with van der Waals surface area (Å²) in [6.07, 6.45) is 1.77. The Kier molecular flexibility index (Phi) is 6.29. The molecule has 0 fully saturated rings. The van der Waals surface area contributed by atoms with Crippen LogP contribution in [0.25, 0.3) is 0 Å². The number of nitrogens with zero attached hydrogens (tertiary/aromatic N) is 2. The summed E-state index contributed by atoms with van der Waals surface area (Å²) in [6, 6.07) is 3.63. The summed E-state index contributed by atoms with van der Waals surface area (Å²) in [5, 5.41) is 3.23. The molecule has 1 aromatic rings. The molecular weight excluding hydrogens is 242 g/mol. The molecule has 1 amide bonds. The highest BCUT2D eigenvalue weighted by Gasteiger charge is 2.14. The molecule has 1 heterocycles. The van der Waals surface area contributed by atoms with Crippen molar-refractivity contribution in [1.29, 1.82) is 0 Å². The number of nitrogens with one attached hydrogen (secondary N) is 1. The second-order valence-corrected chi connectivity index (χ2v) is 4.33. The van der Waals surface area contributed by atoms with Gasteiger partial charge < -0.3 is 15.0 Å². The molecule has 0 bridgehead atoms. The highest BCUT2D eigenvalue weighted by Crippen LogP contribution is 2.10. The van der Waals surface area contributed by atoms with E-state index in [2.05, 4.69) is 10.3 Å². The van der Waals surface area contributed by atoms with E-state index < -0.39 is 0 Å². The second kappa shape index (κ2) is 7.74. The highest BCUT2D eigenvalue weighted by molar-refractivity contribution is 5.93. The van der Waals surface area contributed by atoms with E-state index >= 15 is 0 Å². The zero-order valence-electron chi connectivity index (χ0n) is 12.1. The van der Waals surface area contributed by atoms with E-state index in [-0.39, 0.29) is 12.0 Å². The van der Waals surface area contributed by atoms with Crippen molar-refractivity contribution < 1.29 is 9.53 Å². The molecular formula is C14H23N3O2. The Morgan fingerprint density at radius 1 is 1.47 bits per heavy atom. The van der Waals surface area contributed by atoms with Crippen LogP contribution in [0.15, 0.2) is 18.3 Å². The molecule has 0 aromatic carbocycles. The van der Waals surface area contributed by atoms with Crippen LogP contribution in [0.5, 0.6) is 0 Å². The van der Waals surface area contributed by atoms with Gasteiger partial charge in [0.05, 0.1) is 6.10 Å². The lowest BCUT2D eigenvalue weighted by atomic mass is 10.2. The molecule has 0 aliphatic rings. The number of methoxy groups -OCH3 is 1. The number of rotatable bonds is 7. The molecule has 5 nitrogen and oxygen atoms in total. The fraction of sp³-hybridized carbons (Fsp3) is 0.571. The molecule has 1 rings (SSSR count). The van der Waals surface area contributed by atoms with Gasteiger partial charge in [-0.25, -0.2) is 0 Å². The van der Waals surface area contributed by atoms with Crippen molar-refractivity contribution in [2.45, 2.75) is 26.9 Å². The number of hydrogen-bond donors (Lipinski definition) is 1. The molecule has 0 saturated carbocycles. The summed E-state index contributed by atoms with van der Waals surface area (Å²) in [7, 11) is 1.67. The first-order valence-corrected chi connectivity index (χ1v) is 6.64. The fourth-order valence-corrected chi connectivity index (χ4v) is 1.68. The van der Waals surface area contributed by atoms with E-state index in [1.165, 1.54) is 0 Å². The number of anilines is 1. The maximum atomic E-state index is 12.2. The molecule has 0 aliphatic heterocycles. The van der Waals surface area contributed by atoms with Crippen molar-refractivity contribution in [3.05, 3.63) is 24.0 Å². The molecule has 1 unspecified atom stereocenters. The van der Waals surface area contributed by atoms with Crippen molar-refractivity contribution in [2.24, 2.45) is 0 Å². The SMILES string of the molecule is CCN(CC)C(=O)c1cc(NCC(C)OC)ccn1. The van der Waals surface area contributed by atoms with E-state index in [1.807, 2.05) is 26.8 Å². The maximum absolute atomic E-state index is 12.2. The summed E-state index contributed by atoms with van der Waals surface area (Å²) < 4.78 is 5.17. The standard InChI is InChI=1S/C14H23N3O2/c1-5-17(6-2)14(18)13-9-12(7-8-15-13)16-10-11(3)19-4/h7-9,11H,5-6,10H2,1-4H3,(H,15,16). The van der Waals surface area contributed by atoms with Crippen LogP contribution >= 0.6 is 0 Å². The molecule has 0 radical (unpaired) electrons. The molecule has 106 valence electrons. The van der Waals surface area contributed by atoms with Crippen LogP contribution in [0.2, 0.25) is 0 Å². The van der Waals surface area contributed by atoms with Gasteiger partial charge in [-0.3, -0.25) is 9.78 Å². The Morgan fingerprint density at radius 3 is 2.74 bits per heavy atom. The number of ether oxygens (including phenoxy) is 1. The van der Waals surface area contributed by atoms with Gasteiger partial charge in [0, 0.05) is 38.6 Å². The summed E-state index contributed by atoms with van der Waals surface area (Å²) in [4.78, 5) is 18.1. The monoisotopic (exact) mass is 265 g/mol. The minimum absolute atomic E-state index is 0.0339. The molecule has 0 saturated heterocycles. The number of aromatic nitrogens is 1. The topological polar surface area (TPSA) is 54.5 Å². The van der Waals surface area contributed by atoms with Gasteiger partial charge in [0.15, 0.2) is 0 Å². The van der Waals surface area contributed by atoms with Crippen molar-refractivity contribution in [1.82, 2.24) is 9.88 Å². The van der Waals surface area contributed by atoms with Gasteiger partial charge in [-0.15, -0.1) is 0 Å². The van der Waals surface area contributed by atoms with Crippen molar-refractivity contribution in [3.63, 3.8) is 0 Å². The molecule has 5 heteroatoms. The molecule has 1 N–H and O–H groups in total. The van der Waals surface area contributed by atoms with Gasteiger partial charge in [0.1, 0.15) is 5.69 Å². The number of amides is 1. The Balaban J connectivity index is 2.73. The van der Waals surface area contributed by atoms with Gasteiger partial charge in [0.25, 0.3) is 5.91 Å². The van der Waals surface area contributed by atoms with Crippen molar-refractivity contribution in [3.8, 4) is 0 Å². The second-order valence-electron chi connectivity index (χ2n) is 4.33. The quantitative estimate of drug-likeness (QED) is 0.819. The maximum Gasteiger partial charge on any atom is 0.272 e. The van der Waals surface area contributed by atoms with Crippen LogP contribution in [-0.4, -0.2) is 48.6 Å². The van der Waals surface area contributed by atoms with Crippen LogP contribution < -0.4 is 5.32 Å². The van der Waals surface area contributed by atoms with Gasteiger partial charge in [-0.2, -0.15) is 0 Å². The van der Waals surface area contributed by atoms with Crippen LogP contribution in [0, 0.1) is 0 Å². The zero-order chi connectivity index (χ0) is 14.3. The average molecular weight is 265 g/mol. The molecule has 0 spiro atoms. The van der Waals surface area contributed by atoms with E-state index in [4.69, 9.17) is 4.74 Å². The van der Waals surface area contributed by atoms with Gasteiger partial charge in [0.2, 0.25) is 0 Å². The lowest BCUT2D eigenvalue weighted by Crippen LogP contribution is -2.31. The summed E-state index contributed by atoms with van der Waals surface area (Å²) >= 11 is 0. The third-order valence-corrected chi connectivity index (χ3v) is 3.03. The lowest BCUT2D eigenvalue weighted by Gasteiger charge is -2.18. The summed E-state index contributed by atoms with van der Waals surface area (Å²) in [5.74, 6) is -0.0339. The molecule has 0 aliphatic carbocycles. The van der Waals surface area contributed by atoms with E-state index in [0.29, 0.717) is 25.3 Å². The molecule has 19 heavy (non-hydrogen) atoms. The van der Waals surface area contributed by atoms with E-state index in [0.717, 1.165) is 5.69 Å². The van der Waals surface area contributed by atoms with Gasteiger partial charge in [-0.05, 0) is 32.9 Å². The smallest absolute Gasteiger partial charge is 0.272 e. The largest absolute Gasteiger partial charge is 0.382 e. The minimum Gasteiger partial charge on any atom is -0.382 e. The fourth-order valence-electron chi connectivity index (χ4n) is 1.68. The first-order chi connectivity index (χ1) is 9.12. The normalized spacial score (nSPS) is 12.0. The Bertz CT molecular complexity index is 405. The lowest BCUT2D eigenvalue weighted by molar-refractivity contribution is 0.0767. The first-order valence-electron chi connectivity index (χ1n) is 6.64. The van der Waals surface area contributed by atoms with Crippen LogP contribution in [-0.2, 0) is 4.74 Å². The number of carbonyl (C=O) groups is 1. The first kappa shape index (κ1) is 15.4. The average Bonchev–Trinajstić information content (AvgIpc) is 2.46. The van der Waals surface area contributed by atoms with Gasteiger partial charge in [-0.1, -0.05) is 0 Å². The van der Waals surface area contributed by atoms with E-state index in [1.54, 1.807) is 24.3 Å². The Hall–Kier alpha value is -1.62. The third kappa shape index (κ3) is 4.52. The number of carbonyl (C=O) groups excluding carboxylic acids is 1. The van der Waals surface area contributed by atoms with Crippen molar-refractivity contribution in [2.75, 3.05) is 32.1 Å². The van der Waals surface area contributed by atoms with Crippen molar-refractivity contribution >= 4 is 11.6 Å². The number of pyridine rings is 1. The van der Waals surface area contributed by atoms with E-state index in [9.17, 15) is 4.79 Å². The van der Waals surface area contributed by atoms with Crippen LogP contribution in [0.3, 0.4) is 0 Å². The Morgan fingerprint density at radius 2 is 2.16 bits per heavy atom. The predicted molar refractivity (Wildman–Crippen MR) is 76.4 cm³/mol. The van der Waals surface area contributed by atoms with Crippen LogP contribution in [0.1, 0.15) is 31.3 Å². The zero-order valence-corrected chi connectivity index (χ0v) is 12.1. The highest BCUT2D eigenvalue weighted by atomic mass is 16.5. The predicted octanol–water partition coefficient (Wildman–Crippen LogP) is 2.01. The minimum atomic E-state index is -0.0339. The Labute approximate surface area is 115 Å². The van der Waals surface area contributed by atoms with Crippen LogP contribution in [0.4, 0.5) is 5.69 Å².